The van der Waals surface area contributed by atoms with Crippen molar-refractivity contribution in [2.75, 3.05) is 11.1 Å². The molecule has 4 rings (SSSR count). The van der Waals surface area contributed by atoms with Crippen molar-refractivity contribution < 1.29 is 9.21 Å². The molecule has 0 aliphatic rings. The minimum Gasteiger partial charge on any atom is -0.448 e. The van der Waals surface area contributed by atoms with Gasteiger partial charge < -0.3 is 9.73 Å². The maximum Gasteiger partial charge on any atom is 0.297 e. The summed E-state index contributed by atoms with van der Waals surface area (Å²) >= 11 is 1.25. The lowest BCUT2D eigenvalue weighted by molar-refractivity contribution is -0.113. The topological polar surface area (TPSA) is 77.1 Å². The number of thioether (sulfide) groups is 1. The van der Waals surface area contributed by atoms with Crippen LogP contribution in [-0.4, -0.2) is 21.2 Å². The quantitative estimate of drug-likeness (QED) is 0.391. The van der Waals surface area contributed by atoms with Crippen LogP contribution in [0.2, 0.25) is 0 Å². The zero-order valence-electron chi connectivity index (χ0n) is 15.3. The van der Waals surface area contributed by atoms with Crippen molar-refractivity contribution in [3.8, 4) is 0 Å². The van der Waals surface area contributed by atoms with Gasteiger partial charge in [0.15, 0.2) is 5.16 Å². The number of amides is 1. The van der Waals surface area contributed by atoms with Crippen LogP contribution in [0.1, 0.15) is 13.3 Å². The van der Waals surface area contributed by atoms with Crippen LogP contribution in [0, 0.1) is 0 Å². The van der Waals surface area contributed by atoms with Gasteiger partial charge in [-0.05, 0) is 30.7 Å². The van der Waals surface area contributed by atoms with E-state index in [-0.39, 0.29) is 22.8 Å². The van der Waals surface area contributed by atoms with Crippen LogP contribution in [0.25, 0.3) is 22.1 Å². The number of nitrogens with zero attached hydrogens (tertiary/aromatic N) is 2. The Morgan fingerprint density at radius 3 is 2.68 bits per heavy atom. The Morgan fingerprint density at radius 2 is 1.89 bits per heavy atom. The predicted molar refractivity (Wildman–Crippen MR) is 112 cm³/mol. The highest BCUT2D eigenvalue weighted by atomic mass is 32.2. The number of nitrogens with one attached hydrogen (secondary N) is 1. The van der Waals surface area contributed by atoms with Gasteiger partial charge in [-0.1, -0.05) is 49.0 Å². The molecule has 28 heavy (non-hydrogen) atoms. The number of anilines is 1. The third kappa shape index (κ3) is 3.53. The van der Waals surface area contributed by atoms with Crippen molar-refractivity contribution in [1.82, 2.24) is 9.55 Å². The van der Waals surface area contributed by atoms with Crippen molar-refractivity contribution in [3.63, 3.8) is 0 Å². The van der Waals surface area contributed by atoms with Gasteiger partial charge in [0.05, 0.1) is 5.75 Å². The zero-order chi connectivity index (χ0) is 19.5. The number of fused-ring (bicyclic) bond motifs is 3. The van der Waals surface area contributed by atoms with Crippen LogP contribution in [0.3, 0.4) is 0 Å². The molecule has 0 bridgehead atoms. The van der Waals surface area contributed by atoms with Crippen LogP contribution in [-0.2, 0) is 11.3 Å². The van der Waals surface area contributed by atoms with Gasteiger partial charge >= 0.3 is 0 Å². The molecule has 0 saturated heterocycles. The lowest BCUT2D eigenvalue weighted by atomic mass is 10.2. The number of benzene rings is 2. The van der Waals surface area contributed by atoms with Gasteiger partial charge in [-0.2, -0.15) is 0 Å². The highest BCUT2D eigenvalue weighted by Crippen LogP contribution is 2.27. The van der Waals surface area contributed by atoms with E-state index < -0.39 is 0 Å². The van der Waals surface area contributed by atoms with Crippen LogP contribution < -0.4 is 10.9 Å². The van der Waals surface area contributed by atoms with Gasteiger partial charge in [0, 0.05) is 17.6 Å². The van der Waals surface area contributed by atoms with E-state index in [1.165, 1.54) is 11.8 Å². The number of hydrogen-bond donors (Lipinski definition) is 1. The standard InChI is InChI=1S/C21H19N3O3S/c1-2-12-24-20(26)19-18(15-10-6-7-11-16(15)27-19)23-21(24)28-13-17(25)22-14-8-4-3-5-9-14/h3-11H,2,12-13H2,1H3,(H,22,25). The summed E-state index contributed by atoms with van der Waals surface area (Å²) in [5, 5.41) is 4.17. The normalized spacial score (nSPS) is 11.2. The molecule has 2 heterocycles. The number of para-hydroxylation sites is 2. The Balaban J connectivity index is 1.66. The molecule has 0 fully saturated rings. The van der Waals surface area contributed by atoms with E-state index in [9.17, 15) is 9.59 Å². The van der Waals surface area contributed by atoms with Crippen molar-refractivity contribution in [3.05, 3.63) is 65.0 Å². The van der Waals surface area contributed by atoms with E-state index in [4.69, 9.17) is 4.42 Å². The molecule has 142 valence electrons. The number of hydrogen-bond acceptors (Lipinski definition) is 5. The van der Waals surface area contributed by atoms with Gasteiger partial charge in [-0.15, -0.1) is 0 Å². The van der Waals surface area contributed by atoms with Gasteiger partial charge in [-0.3, -0.25) is 14.2 Å². The van der Waals surface area contributed by atoms with Crippen LogP contribution in [0.15, 0.2) is 69.0 Å². The molecule has 6 nitrogen and oxygen atoms in total. The monoisotopic (exact) mass is 393 g/mol. The molecule has 0 spiro atoms. The van der Waals surface area contributed by atoms with E-state index in [2.05, 4.69) is 10.3 Å². The fourth-order valence-electron chi connectivity index (χ4n) is 3.03. The second-order valence-electron chi connectivity index (χ2n) is 6.33. The number of furan rings is 1. The third-order valence-electron chi connectivity index (χ3n) is 4.28. The minimum absolute atomic E-state index is 0.148. The smallest absolute Gasteiger partial charge is 0.297 e. The molecule has 2 aromatic carbocycles. The first-order valence-corrected chi connectivity index (χ1v) is 10.1. The maximum atomic E-state index is 13.0. The molecule has 0 atom stereocenters. The molecule has 2 aromatic heterocycles. The van der Waals surface area contributed by atoms with Gasteiger partial charge in [-0.25, -0.2) is 4.98 Å². The largest absolute Gasteiger partial charge is 0.448 e. The van der Waals surface area contributed by atoms with Crippen LogP contribution in [0.4, 0.5) is 5.69 Å². The van der Waals surface area contributed by atoms with Crippen LogP contribution in [0.5, 0.6) is 0 Å². The Bertz CT molecular complexity index is 1200. The molecular weight excluding hydrogens is 374 g/mol. The zero-order valence-corrected chi connectivity index (χ0v) is 16.2. The average Bonchev–Trinajstić information content (AvgIpc) is 3.09. The average molecular weight is 393 g/mol. The first kappa shape index (κ1) is 18.3. The summed E-state index contributed by atoms with van der Waals surface area (Å²) < 4.78 is 7.33. The minimum atomic E-state index is -0.214. The summed E-state index contributed by atoms with van der Waals surface area (Å²) in [6.45, 7) is 2.51. The van der Waals surface area contributed by atoms with Gasteiger partial charge in [0.1, 0.15) is 11.1 Å². The molecule has 1 amide bonds. The maximum absolute atomic E-state index is 13.0. The fourth-order valence-corrected chi connectivity index (χ4v) is 3.85. The second kappa shape index (κ2) is 7.90. The highest BCUT2D eigenvalue weighted by molar-refractivity contribution is 7.99. The SMILES string of the molecule is CCCn1c(SCC(=O)Nc2ccccc2)nc2c(oc3ccccc32)c1=O. The summed E-state index contributed by atoms with van der Waals surface area (Å²) in [6.07, 6.45) is 0.775. The summed E-state index contributed by atoms with van der Waals surface area (Å²) in [5.41, 5.74) is 1.96. The van der Waals surface area contributed by atoms with Gasteiger partial charge in [0.25, 0.3) is 5.56 Å². The summed E-state index contributed by atoms with van der Waals surface area (Å²) in [4.78, 5) is 29.9. The highest BCUT2D eigenvalue weighted by Gasteiger charge is 2.18. The summed E-state index contributed by atoms with van der Waals surface area (Å²) in [7, 11) is 0. The number of aromatic nitrogens is 2. The number of carbonyl (C=O) groups excluding carboxylic acids is 1. The van der Waals surface area contributed by atoms with Crippen molar-refractivity contribution in [2.24, 2.45) is 0 Å². The Morgan fingerprint density at radius 1 is 1.14 bits per heavy atom. The summed E-state index contributed by atoms with van der Waals surface area (Å²) in [5.74, 6) is 0.0115. The van der Waals surface area contributed by atoms with Crippen LogP contribution >= 0.6 is 11.8 Å². The van der Waals surface area contributed by atoms with Gasteiger partial charge in [0.2, 0.25) is 11.5 Å². The number of carbonyl (C=O) groups is 1. The molecule has 1 N–H and O–H groups in total. The molecule has 0 unspecified atom stereocenters. The Kier molecular flexibility index (Phi) is 5.16. The van der Waals surface area contributed by atoms with E-state index in [0.29, 0.717) is 22.8 Å². The third-order valence-corrected chi connectivity index (χ3v) is 5.26. The van der Waals surface area contributed by atoms with E-state index in [1.54, 1.807) is 4.57 Å². The van der Waals surface area contributed by atoms with Crippen molar-refractivity contribution >= 4 is 45.4 Å². The Hall–Kier alpha value is -3.06. The molecule has 0 aliphatic heterocycles. The first-order valence-electron chi connectivity index (χ1n) is 9.07. The molecule has 7 heteroatoms. The number of rotatable bonds is 6. The Labute approximate surface area is 165 Å². The first-order chi connectivity index (χ1) is 13.7. The summed E-state index contributed by atoms with van der Waals surface area (Å²) in [6, 6.07) is 16.7. The lowest BCUT2D eigenvalue weighted by Gasteiger charge is -2.10. The van der Waals surface area contributed by atoms with Crippen molar-refractivity contribution in [2.45, 2.75) is 25.0 Å². The fraction of sp³-hybridized carbons (Fsp3) is 0.190. The lowest BCUT2D eigenvalue weighted by Crippen LogP contribution is -2.23. The van der Waals surface area contributed by atoms with E-state index >= 15 is 0 Å². The van der Waals surface area contributed by atoms with Crippen molar-refractivity contribution in [1.29, 1.82) is 0 Å². The second-order valence-corrected chi connectivity index (χ2v) is 7.27. The predicted octanol–water partition coefficient (Wildman–Crippen LogP) is 4.28. The molecule has 0 saturated carbocycles. The molecular formula is C21H19N3O3S. The van der Waals surface area contributed by atoms with E-state index in [1.807, 2.05) is 61.5 Å². The molecule has 0 radical (unpaired) electrons. The molecule has 4 aromatic rings. The van der Waals surface area contributed by atoms with E-state index in [0.717, 1.165) is 17.5 Å². The molecule has 0 aliphatic carbocycles.